The Bertz CT molecular complexity index is 180. The van der Waals surface area contributed by atoms with Crippen molar-refractivity contribution < 1.29 is 0 Å². The molecule has 0 bridgehead atoms. The van der Waals surface area contributed by atoms with E-state index >= 15 is 0 Å². The summed E-state index contributed by atoms with van der Waals surface area (Å²) in [6.07, 6.45) is 12.2. The van der Waals surface area contributed by atoms with Crippen molar-refractivity contribution in [1.82, 2.24) is 5.32 Å². The maximum absolute atomic E-state index is 3.76. The first kappa shape index (κ1) is 9.26. The second-order valence-electron chi connectivity index (χ2n) is 4.71. The molecule has 2 saturated carbocycles. The second-order valence-corrected chi connectivity index (χ2v) is 4.71. The van der Waals surface area contributed by atoms with Crippen molar-refractivity contribution in [2.75, 3.05) is 6.54 Å². The van der Waals surface area contributed by atoms with Gasteiger partial charge in [0.2, 0.25) is 0 Å². The molecule has 74 valence electrons. The zero-order chi connectivity index (χ0) is 9.15. The van der Waals surface area contributed by atoms with E-state index in [1.54, 1.807) is 0 Å². The topological polar surface area (TPSA) is 12.0 Å². The molecule has 1 unspecified atom stereocenters. The third-order valence-electron chi connectivity index (χ3n) is 4.03. The molecule has 1 atom stereocenters. The fourth-order valence-corrected chi connectivity index (χ4v) is 3.10. The van der Waals surface area contributed by atoms with Crippen LogP contribution in [-0.4, -0.2) is 12.6 Å². The molecule has 0 saturated heterocycles. The van der Waals surface area contributed by atoms with Crippen LogP contribution in [-0.2, 0) is 0 Å². The Morgan fingerprint density at radius 1 is 1.23 bits per heavy atom. The van der Waals surface area contributed by atoms with Crippen LogP contribution in [0.2, 0.25) is 0 Å². The minimum atomic E-state index is 0.710. The molecule has 0 aromatic carbocycles. The van der Waals surface area contributed by atoms with Crippen molar-refractivity contribution in [3.63, 3.8) is 0 Å². The lowest BCUT2D eigenvalue weighted by molar-refractivity contribution is 0.0253. The Labute approximate surface area is 81.6 Å². The molecule has 0 amide bonds. The van der Waals surface area contributed by atoms with E-state index < -0.39 is 0 Å². The molecule has 0 aromatic heterocycles. The predicted octanol–water partition coefficient (Wildman–Crippen LogP) is 2.87. The normalized spacial score (nSPS) is 31.2. The van der Waals surface area contributed by atoms with Crippen LogP contribution >= 0.6 is 0 Å². The second kappa shape index (κ2) is 3.83. The first-order valence-corrected chi connectivity index (χ1v) is 5.72. The molecule has 0 heterocycles. The van der Waals surface area contributed by atoms with Crippen LogP contribution in [0.4, 0.5) is 0 Å². The molecule has 0 radical (unpaired) electrons. The molecule has 13 heavy (non-hydrogen) atoms. The summed E-state index contributed by atoms with van der Waals surface area (Å²) in [7, 11) is 0. The molecule has 1 spiro atoms. The summed E-state index contributed by atoms with van der Waals surface area (Å²) < 4.78 is 0. The van der Waals surface area contributed by atoms with Crippen LogP contribution in [0, 0.1) is 5.41 Å². The summed E-state index contributed by atoms with van der Waals surface area (Å²) in [5.74, 6) is 0. The molecule has 0 aromatic rings. The van der Waals surface area contributed by atoms with Crippen molar-refractivity contribution >= 4 is 0 Å². The Morgan fingerprint density at radius 3 is 2.54 bits per heavy atom. The fourth-order valence-electron chi connectivity index (χ4n) is 3.10. The maximum Gasteiger partial charge on any atom is 0.0135 e. The molecule has 1 nitrogen and oxygen atoms in total. The molecule has 2 rings (SSSR count). The highest BCUT2D eigenvalue weighted by Gasteiger charge is 2.46. The monoisotopic (exact) mass is 179 g/mol. The Morgan fingerprint density at radius 2 is 2.00 bits per heavy atom. The molecule has 0 aliphatic heterocycles. The van der Waals surface area contributed by atoms with E-state index in [0.717, 1.165) is 12.6 Å². The smallest absolute Gasteiger partial charge is 0.0135 e. The van der Waals surface area contributed by atoms with Crippen LogP contribution in [0.25, 0.3) is 0 Å². The lowest BCUT2D eigenvalue weighted by Crippen LogP contribution is -2.54. The molecule has 2 aliphatic rings. The zero-order valence-electron chi connectivity index (χ0n) is 8.52. The van der Waals surface area contributed by atoms with Crippen molar-refractivity contribution in [2.45, 2.75) is 51.0 Å². The zero-order valence-corrected chi connectivity index (χ0v) is 8.52. The van der Waals surface area contributed by atoms with Crippen molar-refractivity contribution in [3.05, 3.63) is 12.7 Å². The summed E-state index contributed by atoms with van der Waals surface area (Å²) in [6, 6.07) is 0.811. The van der Waals surface area contributed by atoms with Crippen LogP contribution in [0.5, 0.6) is 0 Å². The van der Waals surface area contributed by atoms with Crippen LogP contribution in [0.1, 0.15) is 44.9 Å². The summed E-state index contributed by atoms with van der Waals surface area (Å²) in [5.41, 5.74) is 0.710. The van der Waals surface area contributed by atoms with Gasteiger partial charge in [-0.2, -0.15) is 0 Å². The Balaban J connectivity index is 1.87. The first-order chi connectivity index (χ1) is 6.37. The molecular formula is C12H21N. The van der Waals surface area contributed by atoms with Crippen LogP contribution in [0.3, 0.4) is 0 Å². The average Bonchev–Trinajstić information content (AvgIpc) is 2.18. The van der Waals surface area contributed by atoms with Gasteiger partial charge in [0.25, 0.3) is 0 Å². The van der Waals surface area contributed by atoms with Gasteiger partial charge in [-0.25, -0.2) is 0 Å². The van der Waals surface area contributed by atoms with E-state index in [9.17, 15) is 0 Å². The van der Waals surface area contributed by atoms with Crippen molar-refractivity contribution in [2.24, 2.45) is 5.41 Å². The Hall–Kier alpha value is -0.300. The van der Waals surface area contributed by atoms with Crippen LogP contribution < -0.4 is 5.32 Å². The average molecular weight is 179 g/mol. The van der Waals surface area contributed by atoms with E-state index in [-0.39, 0.29) is 0 Å². The van der Waals surface area contributed by atoms with Gasteiger partial charge < -0.3 is 5.32 Å². The quantitative estimate of drug-likeness (QED) is 0.657. The highest BCUT2D eigenvalue weighted by molar-refractivity contribution is 5.02. The fraction of sp³-hybridized carbons (Fsp3) is 0.833. The van der Waals surface area contributed by atoms with Gasteiger partial charge in [0.05, 0.1) is 0 Å². The molecule has 2 aliphatic carbocycles. The molecule has 2 fully saturated rings. The number of hydrogen-bond donors (Lipinski definition) is 1. The van der Waals surface area contributed by atoms with Gasteiger partial charge in [-0.1, -0.05) is 25.3 Å². The Kier molecular flexibility index (Phi) is 2.73. The third-order valence-corrected chi connectivity index (χ3v) is 4.03. The van der Waals surface area contributed by atoms with E-state index in [1.165, 1.54) is 44.9 Å². The van der Waals surface area contributed by atoms with Gasteiger partial charge in [0, 0.05) is 12.6 Å². The minimum absolute atomic E-state index is 0.710. The summed E-state index contributed by atoms with van der Waals surface area (Å²) in [4.78, 5) is 0. The van der Waals surface area contributed by atoms with Gasteiger partial charge in [-0.15, -0.1) is 6.58 Å². The van der Waals surface area contributed by atoms with Crippen LogP contribution in [0.15, 0.2) is 12.7 Å². The minimum Gasteiger partial charge on any atom is -0.310 e. The standard InChI is InChI=1S/C12H21N/c1-2-10-13-11-6-9-12(11)7-4-3-5-8-12/h2,11,13H,1,3-10H2. The number of rotatable bonds is 3. The van der Waals surface area contributed by atoms with Crippen molar-refractivity contribution in [3.8, 4) is 0 Å². The summed E-state index contributed by atoms with van der Waals surface area (Å²) >= 11 is 0. The highest BCUT2D eigenvalue weighted by atomic mass is 14.9. The largest absolute Gasteiger partial charge is 0.310 e. The first-order valence-electron chi connectivity index (χ1n) is 5.72. The van der Waals surface area contributed by atoms with Gasteiger partial charge >= 0.3 is 0 Å². The summed E-state index contributed by atoms with van der Waals surface area (Å²) in [6.45, 7) is 4.75. The summed E-state index contributed by atoms with van der Waals surface area (Å²) in [5, 5.41) is 3.61. The van der Waals surface area contributed by atoms with Gasteiger partial charge in [0.15, 0.2) is 0 Å². The van der Waals surface area contributed by atoms with E-state index in [1.807, 2.05) is 6.08 Å². The van der Waals surface area contributed by atoms with Crippen molar-refractivity contribution in [1.29, 1.82) is 0 Å². The van der Waals surface area contributed by atoms with Gasteiger partial charge in [0.1, 0.15) is 0 Å². The van der Waals surface area contributed by atoms with E-state index in [4.69, 9.17) is 0 Å². The molecular weight excluding hydrogens is 158 g/mol. The lowest BCUT2D eigenvalue weighted by atomic mass is 9.57. The molecule has 1 heteroatoms. The third kappa shape index (κ3) is 1.67. The molecule has 1 N–H and O–H groups in total. The van der Waals surface area contributed by atoms with Gasteiger partial charge in [-0.3, -0.25) is 0 Å². The number of nitrogens with one attached hydrogen (secondary N) is 1. The number of hydrogen-bond acceptors (Lipinski definition) is 1. The maximum atomic E-state index is 3.76. The SMILES string of the molecule is C=CCNC1CCC12CCCCC2. The lowest BCUT2D eigenvalue weighted by Gasteiger charge is -2.52. The van der Waals surface area contributed by atoms with E-state index in [0.29, 0.717) is 5.41 Å². The van der Waals surface area contributed by atoms with Gasteiger partial charge in [-0.05, 0) is 31.1 Å². The predicted molar refractivity (Wildman–Crippen MR) is 56.7 cm³/mol. The highest BCUT2D eigenvalue weighted by Crippen LogP contribution is 2.51. The van der Waals surface area contributed by atoms with E-state index in [2.05, 4.69) is 11.9 Å².